The van der Waals surface area contributed by atoms with Gasteiger partial charge in [-0.1, -0.05) is 0 Å². The lowest BCUT2D eigenvalue weighted by Gasteiger charge is -1.83. The van der Waals surface area contributed by atoms with Gasteiger partial charge >= 0.3 is 0 Å². The zero-order valence-electron chi connectivity index (χ0n) is 4.84. The highest BCUT2D eigenvalue weighted by molar-refractivity contribution is 9.13. The van der Waals surface area contributed by atoms with Crippen molar-refractivity contribution in [1.29, 1.82) is 0 Å². The fourth-order valence-corrected chi connectivity index (χ4v) is 4.01. The fourth-order valence-electron chi connectivity index (χ4n) is 0.447. The van der Waals surface area contributed by atoms with Gasteiger partial charge in [-0.05, 0) is 37.9 Å². The Hall–Kier alpha value is 0.900. The summed E-state index contributed by atoms with van der Waals surface area (Å²) in [4.78, 5) is 0. The molecule has 0 aliphatic carbocycles. The topological polar surface area (TPSA) is 34.1 Å². The lowest BCUT2D eigenvalue weighted by Crippen LogP contribution is -1.83. The van der Waals surface area contributed by atoms with Gasteiger partial charge in [0.05, 0.1) is 3.79 Å². The molecule has 2 nitrogen and oxygen atoms in total. The second kappa shape index (κ2) is 3.33. The third-order valence-electron chi connectivity index (χ3n) is 0.863. The summed E-state index contributed by atoms with van der Waals surface area (Å²) in [5.74, 6) is 0. The molecule has 0 fully saturated rings. The van der Waals surface area contributed by atoms with Crippen molar-refractivity contribution in [3.05, 3.63) is 14.3 Å². The van der Waals surface area contributed by atoms with E-state index < -0.39 is 9.05 Å². The molecule has 0 atom stereocenters. The maximum absolute atomic E-state index is 10.7. The molecule has 0 aromatic carbocycles. The average molecular weight is 340 g/mol. The number of hydrogen-bond donors (Lipinski definition) is 0. The van der Waals surface area contributed by atoms with Crippen LogP contribution in [-0.2, 0) is 9.05 Å². The van der Waals surface area contributed by atoms with E-state index in [9.17, 15) is 8.42 Å². The van der Waals surface area contributed by atoms with Gasteiger partial charge in [-0.3, -0.25) is 0 Å². The van der Waals surface area contributed by atoms with E-state index in [0.29, 0.717) is 4.47 Å². The maximum atomic E-state index is 10.7. The van der Waals surface area contributed by atoms with E-state index in [2.05, 4.69) is 31.9 Å². The van der Waals surface area contributed by atoms with Crippen LogP contribution in [0.25, 0.3) is 0 Å². The molecule has 1 aromatic heterocycles. The largest absolute Gasteiger partial charge is 0.270 e. The Morgan fingerprint density at radius 2 is 2.00 bits per heavy atom. The molecule has 0 aliphatic rings. The molecule has 0 spiro atoms. The Morgan fingerprint density at radius 1 is 1.45 bits per heavy atom. The third-order valence-corrected chi connectivity index (χ3v) is 6.19. The quantitative estimate of drug-likeness (QED) is 0.736. The Kier molecular flexibility index (Phi) is 3.03. The molecule has 0 unspecified atom stereocenters. The van der Waals surface area contributed by atoms with Gasteiger partial charge in [0.1, 0.15) is 4.21 Å². The summed E-state index contributed by atoms with van der Waals surface area (Å²) in [6, 6.07) is 1.46. The fraction of sp³-hybridized carbons (Fsp3) is 0. The molecule has 1 aromatic rings. The molecule has 62 valence electrons. The molecule has 7 heteroatoms. The highest BCUT2D eigenvalue weighted by Gasteiger charge is 2.15. The Bertz CT molecular complexity index is 350. The van der Waals surface area contributed by atoms with Crippen molar-refractivity contribution in [2.24, 2.45) is 0 Å². The third kappa shape index (κ3) is 2.42. The van der Waals surface area contributed by atoms with Crippen LogP contribution in [-0.4, -0.2) is 8.42 Å². The van der Waals surface area contributed by atoms with Crippen LogP contribution < -0.4 is 0 Å². The van der Waals surface area contributed by atoms with Crippen LogP contribution in [0.1, 0.15) is 0 Å². The van der Waals surface area contributed by atoms with Gasteiger partial charge in [0.25, 0.3) is 9.05 Å². The minimum Gasteiger partial charge on any atom is -0.206 e. The highest BCUT2D eigenvalue weighted by Crippen LogP contribution is 2.36. The van der Waals surface area contributed by atoms with Gasteiger partial charge in [0.15, 0.2) is 0 Å². The van der Waals surface area contributed by atoms with E-state index >= 15 is 0 Å². The predicted molar refractivity (Wildman–Crippen MR) is 52.8 cm³/mol. The van der Waals surface area contributed by atoms with Crippen LogP contribution in [0, 0.1) is 0 Å². The molecular weight excluding hydrogens is 339 g/mol. The van der Waals surface area contributed by atoms with Crippen molar-refractivity contribution in [2.45, 2.75) is 4.21 Å². The van der Waals surface area contributed by atoms with Gasteiger partial charge in [-0.25, -0.2) is 8.42 Å². The molecule has 0 amide bonds. The molecule has 0 saturated carbocycles. The van der Waals surface area contributed by atoms with Crippen molar-refractivity contribution in [1.82, 2.24) is 0 Å². The van der Waals surface area contributed by atoms with Crippen LogP contribution in [0.2, 0.25) is 0 Å². The lowest BCUT2D eigenvalue weighted by atomic mass is 10.7. The van der Waals surface area contributed by atoms with Gasteiger partial charge in [-0.2, -0.15) is 0 Å². The summed E-state index contributed by atoms with van der Waals surface area (Å²) in [6.45, 7) is 0. The zero-order valence-corrected chi connectivity index (χ0v) is 10.4. The molecule has 0 N–H and O–H groups in total. The monoisotopic (exact) mass is 338 g/mol. The summed E-state index contributed by atoms with van der Waals surface area (Å²) in [5.41, 5.74) is 0. The lowest BCUT2D eigenvalue weighted by molar-refractivity contribution is 0.611. The van der Waals surface area contributed by atoms with Crippen molar-refractivity contribution in [2.75, 3.05) is 0 Å². The normalized spacial score (nSPS) is 11.9. The first-order valence-electron chi connectivity index (χ1n) is 2.31. The number of hydrogen-bond acceptors (Lipinski definition) is 3. The molecule has 0 bridgehead atoms. The first-order valence-corrected chi connectivity index (χ1v) is 7.02. The minimum atomic E-state index is -3.57. The number of halogens is 3. The summed E-state index contributed by atoms with van der Waals surface area (Å²) in [6.07, 6.45) is 0. The summed E-state index contributed by atoms with van der Waals surface area (Å²) in [7, 11) is 1.51. The van der Waals surface area contributed by atoms with E-state index in [1.165, 1.54) is 6.07 Å². The second-order valence-electron chi connectivity index (χ2n) is 1.62. The van der Waals surface area contributed by atoms with Crippen molar-refractivity contribution in [3.63, 3.8) is 0 Å². The smallest absolute Gasteiger partial charge is 0.206 e. The maximum Gasteiger partial charge on any atom is 0.270 e. The minimum absolute atomic E-state index is 0.137. The van der Waals surface area contributed by atoms with Gasteiger partial charge in [-0.15, -0.1) is 11.3 Å². The van der Waals surface area contributed by atoms with Crippen molar-refractivity contribution in [3.8, 4) is 0 Å². The van der Waals surface area contributed by atoms with Crippen LogP contribution in [0.4, 0.5) is 0 Å². The van der Waals surface area contributed by atoms with Crippen molar-refractivity contribution < 1.29 is 8.42 Å². The Morgan fingerprint density at radius 3 is 2.18 bits per heavy atom. The Labute approximate surface area is 89.2 Å². The molecule has 0 aliphatic heterocycles. The first kappa shape index (κ1) is 9.98. The van der Waals surface area contributed by atoms with Crippen LogP contribution in [0.5, 0.6) is 0 Å². The molecule has 0 radical (unpaired) electrons. The number of thiophene rings is 1. The summed E-state index contributed by atoms with van der Waals surface area (Å²) >= 11 is 7.38. The van der Waals surface area contributed by atoms with Gasteiger partial charge < -0.3 is 0 Å². The molecule has 1 rings (SSSR count). The predicted octanol–water partition coefficient (Wildman–Crippen LogP) is 3.20. The van der Waals surface area contributed by atoms with Crippen LogP contribution in [0.15, 0.2) is 18.5 Å². The summed E-state index contributed by atoms with van der Waals surface area (Å²) in [5, 5.41) is 0. The highest BCUT2D eigenvalue weighted by atomic mass is 79.9. The Balaban J connectivity index is 3.29. The number of rotatable bonds is 1. The molecule has 11 heavy (non-hydrogen) atoms. The molecule has 1 heterocycles. The second-order valence-corrected chi connectivity index (χ2v) is 7.64. The van der Waals surface area contributed by atoms with Crippen LogP contribution in [0.3, 0.4) is 0 Å². The van der Waals surface area contributed by atoms with E-state index in [0.717, 1.165) is 15.1 Å². The van der Waals surface area contributed by atoms with E-state index in [4.69, 9.17) is 10.7 Å². The van der Waals surface area contributed by atoms with Crippen LogP contribution >= 0.6 is 53.9 Å². The molecular formula is C4HBr2ClO2S2. The van der Waals surface area contributed by atoms with E-state index in [-0.39, 0.29) is 4.21 Å². The zero-order chi connectivity index (χ0) is 8.65. The first-order chi connectivity index (χ1) is 4.91. The van der Waals surface area contributed by atoms with Gasteiger partial charge in [0.2, 0.25) is 0 Å². The standard InChI is InChI=1S/C4HBr2ClO2S2/c5-2-1-3(10-4(2)6)11(7,8)9/h1H. The average Bonchev–Trinajstić information content (AvgIpc) is 2.11. The SMILES string of the molecule is O=S(=O)(Cl)c1cc(Br)c(Br)s1. The molecule has 0 saturated heterocycles. The van der Waals surface area contributed by atoms with E-state index in [1.54, 1.807) is 0 Å². The van der Waals surface area contributed by atoms with Crippen molar-refractivity contribution >= 4 is 62.9 Å². The van der Waals surface area contributed by atoms with Gasteiger partial charge in [0, 0.05) is 15.2 Å². The summed E-state index contributed by atoms with van der Waals surface area (Å²) < 4.78 is 23.0. The van der Waals surface area contributed by atoms with E-state index in [1.807, 2.05) is 0 Å².